The number of anilines is 1. The quantitative estimate of drug-likeness (QED) is 0.598. The fourth-order valence-corrected chi connectivity index (χ4v) is 3.65. The summed E-state index contributed by atoms with van der Waals surface area (Å²) in [6, 6.07) is 12.7. The molecule has 0 saturated carbocycles. The molecule has 0 spiro atoms. The van der Waals surface area contributed by atoms with Crippen molar-refractivity contribution in [1.82, 2.24) is 25.6 Å². The average Bonchev–Trinajstić information content (AvgIpc) is 3.35. The molecule has 0 bridgehead atoms. The van der Waals surface area contributed by atoms with Crippen molar-refractivity contribution in [3.63, 3.8) is 0 Å². The van der Waals surface area contributed by atoms with E-state index in [1.807, 2.05) is 51.1 Å². The normalized spacial score (nSPS) is 21.3. The Balaban J connectivity index is 1.53. The largest absolute Gasteiger partial charge is 0.355 e. The number of hydrogen-bond acceptors (Lipinski definition) is 6. The lowest BCUT2D eigenvalue weighted by atomic mass is 9.95. The summed E-state index contributed by atoms with van der Waals surface area (Å²) in [6.45, 7) is 5.77. The highest BCUT2D eigenvalue weighted by atomic mass is 16.5. The van der Waals surface area contributed by atoms with Crippen molar-refractivity contribution in [2.75, 3.05) is 5.32 Å². The van der Waals surface area contributed by atoms with E-state index in [9.17, 15) is 9.59 Å². The van der Waals surface area contributed by atoms with E-state index >= 15 is 0 Å². The maximum atomic E-state index is 12.7. The third-order valence-corrected chi connectivity index (χ3v) is 5.23. The summed E-state index contributed by atoms with van der Waals surface area (Å²) in [4.78, 5) is 25.2. The molecule has 3 N–H and O–H groups in total. The molecular formula is C21H24N6O3. The van der Waals surface area contributed by atoms with E-state index in [0.29, 0.717) is 17.3 Å². The number of carbonyl (C=O) groups is 2. The maximum absolute atomic E-state index is 12.7. The predicted molar refractivity (Wildman–Crippen MR) is 110 cm³/mol. The van der Waals surface area contributed by atoms with Gasteiger partial charge in [-0.25, -0.2) is 4.68 Å². The lowest BCUT2D eigenvalue weighted by molar-refractivity contribution is -0.130. The SMILES string of the molecule is CCC1C(=O)NC(n2nc(C)cc2NC(=O)c2cc(-c3ccccc3)on2)NC1C. The van der Waals surface area contributed by atoms with Crippen molar-refractivity contribution < 1.29 is 14.1 Å². The Labute approximate surface area is 173 Å². The van der Waals surface area contributed by atoms with Gasteiger partial charge in [0.2, 0.25) is 5.91 Å². The highest BCUT2D eigenvalue weighted by molar-refractivity contribution is 6.02. The molecule has 4 rings (SSSR count). The van der Waals surface area contributed by atoms with Crippen molar-refractivity contribution in [2.24, 2.45) is 5.92 Å². The molecule has 3 heterocycles. The zero-order chi connectivity index (χ0) is 21.3. The highest BCUT2D eigenvalue weighted by Gasteiger charge is 2.34. The first kappa shape index (κ1) is 19.8. The Morgan fingerprint density at radius 2 is 2.03 bits per heavy atom. The lowest BCUT2D eigenvalue weighted by Crippen LogP contribution is -2.57. The van der Waals surface area contributed by atoms with Crippen LogP contribution in [-0.4, -0.2) is 32.8 Å². The van der Waals surface area contributed by atoms with Crippen LogP contribution in [0.4, 0.5) is 5.82 Å². The topological polar surface area (TPSA) is 114 Å². The van der Waals surface area contributed by atoms with Crippen LogP contribution in [0.5, 0.6) is 0 Å². The minimum Gasteiger partial charge on any atom is -0.355 e. The van der Waals surface area contributed by atoms with Crippen LogP contribution in [0.15, 0.2) is 47.0 Å². The molecule has 0 radical (unpaired) electrons. The number of carbonyl (C=O) groups excluding carboxylic acids is 2. The number of nitrogens with one attached hydrogen (secondary N) is 3. The van der Waals surface area contributed by atoms with E-state index in [1.165, 1.54) is 0 Å². The fraction of sp³-hybridized carbons (Fsp3) is 0.333. The zero-order valence-corrected chi connectivity index (χ0v) is 17.0. The van der Waals surface area contributed by atoms with Gasteiger partial charge in [-0.1, -0.05) is 42.4 Å². The number of benzene rings is 1. The van der Waals surface area contributed by atoms with Gasteiger partial charge in [0, 0.05) is 23.7 Å². The van der Waals surface area contributed by atoms with Crippen LogP contribution in [0.25, 0.3) is 11.3 Å². The number of aromatic nitrogens is 3. The minimum absolute atomic E-state index is 0.0224. The van der Waals surface area contributed by atoms with E-state index in [1.54, 1.807) is 16.8 Å². The van der Waals surface area contributed by atoms with E-state index in [4.69, 9.17) is 4.52 Å². The molecule has 1 saturated heterocycles. The van der Waals surface area contributed by atoms with Crippen molar-refractivity contribution in [1.29, 1.82) is 0 Å². The van der Waals surface area contributed by atoms with E-state index in [-0.39, 0.29) is 23.6 Å². The predicted octanol–water partition coefficient (Wildman–Crippen LogP) is 2.69. The maximum Gasteiger partial charge on any atom is 0.279 e. The summed E-state index contributed by atoms with van der Waals surface area (Å²) in [5.74, 6) is 0.377. The molecule has 1 aliphatic heterocycles. The van der Waals surface area contributed by atoms with Gasteiger partial charge in [0.15, 0.2) is 17.7 Å². The van der Waals surface area contributed by atoms with Gasteiger partial charge in [-0.3, -0.25) is 14.9 Å². The van der Waals surface area contributed by atoms with Crippen molar-refractivity contribution in [2.45, 2.75) is 39.5 Å². The summed E-state index contributed by atoms with van der Waals surface area (Å²) >= 11 is 0. The van der Waals surface area contributed by atoms with Gasteiger partial charge >= 0.3 is 0 Å². The Bertz CT molecular complexity index is 1060. The summed E-state index contributed by atoms with van der Waals surface area (Å²) in [5.41, 5.74) is 1.69. The van der Waals surface area contributed by atoms with Gasteiger partial charge in [0.05, 0.1) is 11.6 Å². The first-order chi connectivity index (χ1) is 14.5. The third-order valence-electron chi connectivity index (χ3n) is 5.23. The second kappa shape index (κ2) is 8.11. The fourth-order valence-electron chi connectivity index (χ4n) is 3.65. The van der Waals surface area contributed by atoms with E-state index in [0.717, 1.165) is 12.0 Å². The number of nitrogens with zero attached hydrogens (tertiary/aromatic N) is 3. The van der Waals surface area contributed by atoms with Gasteiger partial charge in [-0.05, 0) is 20.3 Å². The standard InChI is InChI=1S/C21H24N6O3/c1-4-15-13(3)22-21(24-19(15)28)27-18(10-12(2)25-27)23-20(29)16-11-17(30-26-16)14-8-6-5-7-9-14/h5-11,13,15,21-22H,4H2,1-3H3,(H,23,29)(H,24,28). The Morgan fingerprint density at radius 3 is 2.73 bits per heavy atom. The molecule has 3 aromatic rings. The molecule has 9 nitrogen and oxygen atoms in total. The summed E-state index contributed by atoms with van der Waals surface area (Å²) in [7, 11) is 0. The molecule has 1 aliphatic rings. The molecule has 3 atom stereocenters. The Kier molecular flexibility index (Phi) is 5.37. The first-order valence-corrected chi connectivity index (χ1v) is 9.92. The Morgan fingerprint density at radius 1 is 1.27 bits per heavy atom. The van der Waals surface area contributed by atoms with Crippen LogP contribution >= 0.6 is 0 Å². The van der Waals surface area contributed by atoms with Crippen molar-refractivity contribution in [3.05, 3.63) is 53.9 Å². The monoisotopic (exact) mass is 408 g/mol. The average molecular weight is 408 g/mol. The lowest BCUT2D eigenvalue weighted by Gasteiger charge is -2.35. The molecule has 1 fully saturated rings. The van der Waals surface area contributed by atoms with Gasteiger partial charge in [0.1, 0.15) is 5.82 Å². The molecule has 3 unspecified atom stereocenters. The summed E-state index contributed by atoms with van der Waals surface area (Å²) in [5, 5.41) is 17.4. The molecule has 0 aliphatic carbocycles. The number of amides is 2. The van der Waals surface area contributed by atoms with Crippen LogP contribution in [-0.2, 0) is 4.79 Å². The van der Waals surface area contributed by atoms with Crippen LogP contribution in [0.2, 0.25) is 0 Å². The molecule has 2 aromatic heterocycles. The number of hydrogen-bond donors (Lipinski definition) is 3. The van der Waals surface area contributed by atoms with Crippen LogP contribution in [0.3, 0.4) is 0 Å². The van der Waals surface area contributed by atoms with E-state index < -0.39 is 12.2 Å². The number of rotatable bonds is 5. The molecule has 9 heteroatoms. The zero-order valence-electron chi connectivity index (χ0n) is 17.0. The molecule has 2 amide bonds. The van der Waals surface area contributed by atoms with Gasteiger partial charge in [-0.2, -0.15) is 5.10 Å². The molecule has 30 heavy (non-hydrogen) atoms. The smallest absolute Gasteiger partial charge is 0.279 e. The van der Waals surface area contributed by atoms with Gasteiger partial charge in [0.25, 0.3) is 5.91 Å². The van der Waals surface area contributed by atoms with Gasteiger partial charge in [-0.15, -0.1) is 0 Å². The highest BCUT2D eigenvalue weighted by Crippen LogP contribution is 2.23. The summed E-state index contributed by atoms with van der Waals surface area (Å²) in [6.07, 6.45) is 0.182. The first-order valence-electron chi connectivity index (χ1n) is 9.92. The minimum atomic E-state index is -0.559. The summed E-state index contributed by atoms with van der Waals surface area (Å²) < 4.78 is 6.87. The second-order valence-electron chi connectivity index (χ2n) is 7.39. The second-order valence-corrected chi connectivity index (χ2v) is 7.39. The van der Waals surface area contributed by atoms with Crippen molar-refractivity contribution in [3.8, 4) is 11.3 Å². The van der Waals surface area contributed by atoms with Gasteiger partial charge < -0.3 is 15.2 Å². The third kappa shape index (κ3) is 3.84. The van der Waals surface area contributed by atoms with E-state index in [2.05, 4.69) is 26.2 Å². The van der Waals surface area contributed by atoms with Crippen LogP contribution in [0.1, 0.15) is 42.7 Å². The number of aryl methyl sites for hydroxylation is 1. The molecule has 156 valence electrons. The molecule has 1 aromatic carbocycles. The van der Waals surface area contributed by atoms with Crippen molar-refractivity contribution >= 4 is 17.6 Å². The molecular weight excluding hydrogens is 384 g/mol. The van der Waals surface area contributed by atoms with Crippen LogP contribution < -0.4 is 16.0 Å². The van der Waals surface area contributed by atoms with Crippen LogP contribution in [0, 0.1) is 12.8 Å². The Hall–Kier alpha value is -3.46.